The zero-order chi connectivity index (χ0) is 13.8. The lowest BCUT2D eigenvalue weighted by Crippen LogP contribution is -2.02. The van der Waals surface area contributed by atoms with Gasteiger partial charge in [-0.2, -0.15) is 0 Å². The average molecular weight is 342 g/mol. The van der Waals surface area contributed by atoms with Crippen molar-refractivity contribution < 1.29 is 4.74 Å². The van der Waals surface area contributed by atoms with Crippen molar-refractivity contribution in [3.8, 4) is 5.75 Å². The first-order chi connectivity index (χ1) is 9.10. The minimum absolute atomic E-state index is 0.631. The van der Waals surface area contributed by atoms with E-state index in [1.165, 1.54) is 0 Å². The van der Waals surface area contributed by atoms with E-state index in [9.17, 15) is 0 Å². The van der Waals surface area contributed by atoms with Crippen LogP contribution in [0.15, 0.2) is 35.1 Å². The zero-order valence-electron chi connectivity index (χ0n) is 10.7. The summed E-state index contributed by atoms with van der Waals surface area (Å²) < 4.78 is 6.17. The SMILES string of the molecule is COc1ccc(Cl)cc1CNc1cnc(Br)c(C)c1. The summed E-state index contributed by atoms with van der Waals surface area (Å²) in [4.78, 5) is 4.25. The molecule has 3 nitrogen and oxygen atoms in total. The van der Waals surface area contributed by atoms with E-state index < -0.39 is 0 Å². The third kappa shape index (κ3) is 3.61. The van der Waals surface area contributed by atoms with Crippen LogP contribution in [0, 0.1) is 6.92 Å². The molecule has 0 unspecified atom stereocenters. The first kappa shape index (κ1) is 14.2. The number of nitrogens with one attached hydrogen (secondary N) is 1. The number of hydrogen-bond donors (Lipinski definition) is 1. The maximum absolute atomic E-state index is 6.00. The first-order valence-electron chi connectivity index (χ1n) is 5.78. The quantitative estimate of drug-likeness (QED) is 0.836. The van der Waals surface area contributed by atoms with Gasteiger partial charge in [-0.3, -0.25) is 0 Å². The van der Waals surface area contributed by atoms with E-state index in [2.05, 4.69) is 26.2 Å². The second-order valence-corrected chi connectivity index (χ2v) is 5.33. The number of anilines is 1. The fourth-order valence-electron chi connectivity index (χ4n) is 1.74. The fourth-order valence-corrected chi connectivity index (χ4v) is 2.15. The number of methoxy groups -OCH3 is 1. The van der Waals surface area contributed by atoms with E-state index in [4.69, 9.17) is 16.3 Å². The summed E-state index contributed by atoms with van der Waals surface area (Å²) in [6, 6.07) is 7.61. The van der Waals surface area contributed by atoms with Crippen molar-refractivity contribution in [1.82, 2.24) is 4.98 Å². The van der Waals surface area contributed by atoms with Crippen LogP contribution in [-0.4, -0.2) is 12.1 Å². The Morgan fingerprint density at radius 1 is 1.37 bits per heavy atom. The second kappa shape index (κ2) is 6.26. The minimum Gasteiger partial charge on any atom is -0.496 e. The molecule has 0 amide bonds. The Bertz CT molecular complexity index is 590. The summed E-state index contributed by atoms with van der Waals surface area (Å²) in [5, 5.41) is 4.01. The molecule has 2 rings (SSSR count). The maximum atomic E-state index is 6.00. The molecule has 19 heavy (non-hydrogen) atoms. The predicted octanol–water partition coefficient (Wildman–Crippen LogP) is 4.43. The van der Waals surface area contributed by atoms with Crippen LogP contribution in [-0.2, 0) is 6.54 Å². The molecule has 0 aliphatic heterocycles. The Hall–Kier alpha value is -1.26. The molecule has 0 radical (unpaired) electrons. The van der Waals surface area contributed by atoms with Crippen LogP contribution in [0.2, 0.25) is 5.02 Å². The molecule has 2 aromatic rings. The van der Waals surface area contributed by atoms with Crippen LogP contribution >= 0.6 is 27.5 Å². The number of aromatic nitrogens is 1. The van der Waals surface area contributed by atoms with Crippen molar-refractivity contribution in [2.75, 3.05) is 12.4 Å². The summed E-state index contributed by atoms with van der Waals surface area (Å²) in [5.74, 6) is 0.818. The summed E-state index contributed by atoms with van der Waals surface area (Å²) in [5.41, 5.74) is 3.06. The molecule has 0 aliphatic carbocycles. The standard InChI is InChI=1S/C14H14BrClN2O/c1-9-5-12(8-18-14(9)15)17-7-10-6-11(16)3-4-13(10)19-2/h3-6,8,17H,7H2,1-2H3. The second-order valence-electron chi connectivity index (χ2n) is 4.14. The van der Waals surface area contributed by atoms with Crippen molar-refractivity contribution >= 4 is 33.2 Å². The number of hydrogen-bond acceptors (Lipinski definition) is 3. The number of aryl methyl sites for hydroxylation is 1. The summed E-state index contributed by atoms with van der Waals surface area (Å²) in [7, 11) is 1.65. The van der Waals surface area contributed by atoms with Crippen LogP contribution < -0.4 is 10.1 Å². The van der Waals surface area contributed by atoms with E-state index in [0.717, 1.165) is 27.2 Å². The van der Waals surface area contributed by atoms with E-state index in [1.54, 1.807) is 13.3 Å². The number of benzene rings is 1. The van der Waals surface area contributed by atoms with Gasteiger partial charge in [-0.1, -0.05) is 11.6 Å². The third-order valence-corrected chi connectivity index (χ3v) is 3.81. The lowest BCUT2D eigenvalue weighted by molar-refractivity contribution is 0.410. The molecule has 100 valence electrons. The summed E-state index contributed by atoms with van der Waals surface area (Å²) in [6.07, 6.45) is 1.79. The average Bonchev–Trinajstić information content (AvgIpc) is 2.40. The van der Waals surface area contributed by atoms with Gasteiger partial charge in [0, 0.05) is 17.1 Å². The number of nitrogens with zero attached hydrogens (tertiary/aromatic N) is 1. The van der Waals surface area contributed by atoms with E-state index >= 15 is 0 Å². The Morgan fingerprint density at radius 3 is 2.84 bits per heavy atom. The van der Waals surface area contributed by atoms with Gasteiger partial charge in [-0.25, -0.2) is 4.98 Å². The largest absolute Gasteiger partial charge is 0.496 e. The van der Waals surface area contributed by atoms with Gasteiger partial charge in [-0.15, -0.1) is 0 Å². The van der Waals surface area contributed by atoms with Crippen molar-refractivity contribution in [3.05, 3.63) is 51.2 Å². The van der Waals surface area contributed by atoms with Gasteiger partial charge in [-0.05, 0) is 52.7 Å². The minimum atomic E-state index is 0.631. The number of halogens is 2. The number of rotatable bonds is 4. The molecule has 0 fully saturated rings. The Labute approximate surface area is 126 Å². The van der Waals surface area contributed by atoms with Crippen LogP contribution in [0.1, 0.15) is 11.1 Å². The lowest BCUT2D eigenvalue weighted by Gasteiger charge is -2.11. The molecule has 1 aromatic heterocycles. The van der Waals surface area contributed by atoms with Gasteiger partial charge in [0.15, 0.2) is 0 Å². The van der Waals surface area contributed by atoms with Gasteiger partial charge in [0.2, 0.25) is 0 Å². The molecule has 1 heterocycles. The smallest absolute Gasteiger partial charge is 0.123 e. The van der Waals surface area contributed by atoms with Gasteiger partial charge in [0.1, 0.15) is 10.4 Å². The lowest BCUT2D eigenvalue weighted by atomic mass is 10.2. The van der Waals surface area contributed by atoms with E-state index in [-0.39, 0.29) is 0 Å². The molecule has 0 saturated heterocycles. The topological polar surface area (TPSA) is 34.1 Å². The Kier molecular flexibility index (Phi) is 4.66. The van der Waals surface area contributed by atoms with Gasteiger partial charge < -0.3 is 10.1 Å². The van der Waals surface area contributed by atoms with Crippen molar-refractivity contribution in [2.24, 2.45) is 0 Å². The Morgan fingerprint density at radius 2 is 2.16 bits per heavy atom. The van der Waals surface area contributed by atoms with Crippen molar-refractivity contribution in [3.63, 3.8) is 0 Å². The van der Waals surface area contributed by atoms with Crippen molar-refractivity contribution in [1.29, 1.82) is 0 Å². The summed E-state index contributed by atoms with van der Waals surface area (Å²) in [6.45, 7) is 2.63. The maximum Gasteiger partial charge on any atom is 0.123 e. The van der Waals surface area contributed by atoms with E-state index in [1.807, 2.05) is 31.2 Å². The highest BCUT2D eigenvalue weighted by atomic mass is 79.9. The van der Waals surface area contributed by atoms with Crippen LogP contribution in [0.5, 0.6) is 5.75 Å². The highest BCUT2D eigenvalue weighted by molar-refractivity contribution is 9.10. The zero-order valence-corrected chi connectivity index (χ0v) is 13.0. The van der Waals surface area contributed by atoms with Gasteiger partial charge in [0.05, 0.1) is 19.0 Å². The molecule has 0 atom stereocenters. The molecular formula is C14H14BrClN2O. The highest BCUT2D eigenvalue weighted by Crippen LogP contribution is 2.24. The Balaban J connectivity index is 2.13. The summed E-state index contributed by atoms with van der Waals surface area (Å²) >= 11 is 9.38. The highest BCUT2D eigenvalue weighted by Gasteiger charge is 2.04. The number of pyridine rings is 1. The van der Waals surface area contributed by atoms with E-state index in [0.29, 0.717) is 11.6 Å². The third-order valence-electron chi connectivity index (χ3n) is 2.74. The van der Waals surface area contributed by atoms with Gasteiger partial charge >= 0.3 is 0 Å². The first-order valence-corrected chi connectivity index (χ1v) is 6.95. The molecular weight excluding hydrogens is 328 g/mol. The van der Waals surface area contributed by atoms with Crippen LogP contribution in [0.4, 0.5) is 5.69 Å². The molecule has 0 spiro atoms. The molecule has 1 aromatic carbocycles. The van der Waals surface area contributed by atoms with Crippen LogP contribution in [0.25, 0.3) is 0 Å². The van der Waals surface area contributed by atoms with Crippen LogP contribution in [0.3, 0.4) is 0 Å². The molecule has 0 aliphatic rings. The fraction of sp³-hybridized carbons (Fsp3) is 0.214. The number of ether oxygens (including phenoxy) is 1. The monoisotopic (exact) mass is 340 g/mol. The molecule has 0 saturated carbocycles. The normalized spacial score (nSPS) is 10.3. The predicted molar refractivity (Wildman–Crippen MR) is 82.0 cm³/mol. The van der Waals surface area contributed by atoms with Gasteiger partial charge in [0.25, 0.3) is 0 Å². The molecule has 0 bridgehead atoms. The molecule has 5 heteroatoms. The van der Waals surface area contributed by atoms with Crippen molar-refractivity contribution in [2.45, 2.75) is 13.5 Å². The molecule has 1 N–H and O–H groups in total.